The Bertz CT molecular complexity index is 522. The molecule has 0 spiro atoms. The Kier molecular flexibility index (Phi) is 2.70. The molecule has 0 radical (unpaired) electrons. The molecule has 78 valence electrons. The molecule has 0 aliphatic carbocycles. The van der Waals surface area contributed by atoms with Gasteiger partial charge in [0.15, 0.2) is 0 Å². The summed E-state index contributed by atoms with van der Waals surface area (Å²) >= 11 is -2.27. The van der Waals surface area contributed by atoms with Crippen molar-refractivity contribution in [3.05, 3.63) is 42.0 Å². The number of hydrogen-bond donors (Lipinski definition) is 1. The molecule has 0 bridgehead atoms. The van der Waals surface area contributed by atoms with Gasteiger partial charge in [-0.25, -0.2) is 0 Å². The van der Waals surface area contributed by atoms with Crippen molar-refractivity contribution in [1.29, 1.82) is 0 Å². The van der Waals surface area contributed by atoms with Crippen molar-refractivity contribution in [3.8, 4) is 5.75 Å². The van der Waals surface area contributed by atoms with Gasteiger partial charge in [0.25, 0.3) is 0 Å². The van der Waals surface area contributed by atoms with E-state index in [1.165, 1.54) is 0 Å². The van der Waals surface area contributed by atoms with E-state index in [9.17, 15) is 4.21 Å². The highest BCUT2D eigenvalue weighted by molar-refractivity contribution is 7.74. The molecule has 0 fully saturated rings. The lowest BCUT2D eigenvalue weighted by Crippen LogP contribution is -1.97. The van der Waals surface area contributed by atoms with E-state index in [0.717, 1.165) is 16.3 Å². The first-order valence-electron chi connectivity index (χ1n) is 4.45. The number of rotatable bonds is 2. The highest BCUT2D eigenvalue weighted by atomic mass is 32.2. The minimum atomic E-state index is -2.27. The van der Waals surface area contributed by atoms with Crippen LogP contribution in [0.2, 0.25) is 0 Å². The van der Waals surface area contributed by atoms with E-state index in [4.69, 9.17) is 8.74 Å². The Morgan fingerprint density at radius 1 is 1.27 bits per heavy atom. The van der Waals surface area contributed by atoms with Gasteiger partial charge >= 0.3 is 11.4 Å². The van der Waals surface area contributed by atoms with Crippen molar-refractivity contribution in [2.24, 2.45) is 0 Å². The molecule has 2 aromatic rings. The molecular weight excluding hydrogens is 212 g/mol. The molecule has 1 atom stereocenters. The lowest BCUT2D eigenvalue weighted by molar-refractivity contribution is 0.458. The van der Waals surface area contributed by atoms with Crippen molar-refractivity contribution in [3.63, 3.8) is 0 Å². The number of benzene rings is 2. The highest BCUT2D eigenvalue weighted by Gasteiger charge is 2.01. The lowest BCUT2D eigenvalue weighted by atomic mass is 10.1. The summed E-state index contributed by atoms with van der Waals surface area (Å²) in [6.45, 7) is 1.99. The van der Waals surface area contributed by atoms with Crippen LogP contribution in [0, 0.1) is 6.92 Å². The standard InChI is InChI=1S/C11H10O3S/c1-8-3-2-4-9-5-6-10(7-11(8)9)14-15(12)13/h2-7H,1H3,(H,12,13). The van der Waals surface area contributed by atoms with Gasteiger partial charge in [0.05, 0.1) is 0 Å². The van der Waals surface area contributed by atoms with Crippen LogP contribution in [0.3, 0.4) is 0 Å². The monoisotopic (exact) mass is 222 g/mol. The van der Waals surface area contributed by atoms with E-state index >= 15 is 0 Å². The van der Waals surface area contributed by atoms with Gasteiger partial charge in [-0.15, -0.1) is 0 Å². The van der Waals surface area contributed by atoms with Crippen LogP contribution in [0.15, 0.2) is 36.4 Å². The molecule has 0 heterocycles. The van der Waals surface area contributed by atoms with Crippen molar-refractivity contribution in [2.75, 3.05) is 0 Å². The van der Waals surface area contributed by atoms with Crippen molar-refractivity contribution in [1.82, 2.24) is 0 Å². The Morgan fingerprint density at radius 2 is 2.07 bits per heavy atom. The van der Waals surface area contributed by atoms with Gasteiger partial charge in [-0.2, -0.15) is 4.21 Å². The second kappa shape index (κ2) is 4.00. The van der Waals surface area contributed by atoms with E-state index in [1.807, 2.05) is 31.2 Å². The summed E-state index contributed by atoms with van der Waals surface area (Å²) < 4.78 is 23.8. The lowest BCUT2D eigenvalue weighted by Gasteiger charge is -2.04. The third-order valence-corrected chi connectivity index (χ3v) is 2.57. The Hall–Kier alpha value is -1.39. The van der Waals surface area contributed by atoms with Gasteiger partial charge in [0.1, 0.15) is 5.75 Å². The highest BCUT2D eigenvalue weighted by Crippen LogP contribution is 2.23. The number of aryl methyl sites for hydroxylation is 1. The fraction of sp³-hybridized carbons (Fsp3) is 0.0909. The van der Waals surface area contributed by atoms with Gasteiger partial charge in [-0.1, -0.05) is 24.3 Å². The molecule has 0 saturated heterocycles. The van der Waals surface area contributed by atoms with Crippen molar-refractivity contribution >= 4 is 22.1 Å². The molecule has 3 nitrogen and oxygen atoms in total. The van der Waals surface area contributed by atoms with E-state index in [2.05, 4.69) is 0 Å². The zero-order valence-electron chi connectivity index (χ0n) is 8.14. The van der Waals surface area contributed by atoms with Crippen LogP contribution < -0.4 is 4.18 Å². The summed E-state index contributed by atoms with van der Waals surface area (Å²) in [6.07, 6.45) is 0. The molecule has 4 heteroatoms. The smallest absolute Gasteiger partial charge is 0.357 e. The number of fused-ring (bicyclic) bond motifs is 1. The maximum absolute atomic E-state index is 10.5. The molecule has 2 rings (SSSR count). The molecule has 2 aromatic carbocycles. The molecule has 1 N–H and O–H groups in total. The van der Waals surface area contributed by atoms with Crippen molar-refractivity contribution in [2.45, 2.75) is 6.92 Å². The first-order valence-corrected chi connectivity index (χ1v) is 5.48. The van der Waals surface area contributed by atoms with E-state index < -0.39 is 11.4 Å². The average Bonchev–Trinajstić information content (AvgIpc) is 2.18. The fourth-order valence-electron chi connectivity index (χ4n) is 1.54. The molecule has 15 heavy (non-hydrogen) atoms. The molecule has 0 aromatic heterocycles. The normalized spacial score (nSPS) is 12.7. The SMILES string of the molecule is Cc1cccc2ccc(OS(=O)O)cc12. The quantitative estimate of drug-likeness (QED) is 0.794. The average molecular weight is 222 g/mol. The first kappa shape index (κ1) is 10.1. The topological polar surface area (TPSA) is 46.5 Å². The van der Waals surface area contributed by atoms with E-state index in [1.54, 1.807) is 12.1 Å². The fourth-order valence-corrected chi connectivity index (χ4v) is 1.81. The molecular formula is C11H10O3S. The van der Waals surface area contributed by atoms with Crippen LogP contribution in [0.25, 0.3) is 10.8 Å². The maximum Gasteiger partial charge on any atom is 0.357 e. The van der Waals surface area contributed by atoms with Crippen molar-refractivity contribution < 1.29 is 12.9 Å². The largest absolute Gasteiger partial charge is 0.380 e. The van der Waals surface area contributed by atoms with E-state index in [-0.39, 0.29) is 0 Å². The third-order valence-electron chi connectivity index (χ3n) is 2.24. The zero-order chi connectivity index (χ0) is 10.8. The summed E-state index contributed by atoms with van der Waals surface area (Å²) in [5, 5.41) is 2.12. The molecule has 0 amide bonds. The van der Waals surface area contributed by atoms with Crippen LogP contribution in [0.4, 0.5) is 0 Å². The maximum atomic E-state index is 10.5. The summed E-state index contributed by atoms with van der Waals surface area (Å²) in [4.78, 5) is 0. The Balaban J connectivity index is 2.54. The summed E-state index contributed by atoms with van der Waals surface area (Å²) in [5.74, 6) is 0.401. The predicted molar refractivity (Wildman–Crippen MR) is 60.1 cm³/mol. The van der Waals surface area contributed by atoms with Gasteiger partial charge in [0.2, 0.25) is 0 Å². The van der Waals surface area contributed by atoms with Gasteiger partial charge in [-0.05, 0) is 35.4 Å². The summed E-state index contributed by atoms with van der Waals surface area (Å²) in [6, 6.07) is 11.3. The molecule has 0 saturated carbocycles. The van der Waals surface area contributed by atoms with E-state index in [0.29, 0.717) is 5.75 Å². The van der Waals surface area contributed by atoms with Crippen LogP contribution in [-0.2, 0) is 11.4 Å². The summed E-state index contributed by atoms with van der Waals surface area (Å²) in [7, 11) is 0. The minimum Gasteiger partial charge on any atom is -0.380 e. The second-order valence-corrected chi connectivity index (χ2v) is 3.86. The zero-order valence-corrected chi connectivity index (χ0v) is 8.95. The third kappa shape index (κ3) is 2.16. The minimum absolute atomic E-state index is 0.401. The molecule has 0 aliphatic rings. The van der Waals surface area contributed by atoms with Crippen LogP contribution >= 0.6 is 0 Å². The second-order valence-electron chi connectivity index (χ2n) is 3.26. The summed E-state index contributed by atoms with van der Waals surface area (Å²) in [5.41, 5.74) is 1.11. The van der Waals surface area contributed by atoms with Gasteiger partial charge in [0, 0.05) is 0 Å². The van der Waals surface area contributed by atoms with Gasteiger partial charge < -0.3 is 4.18 Å². The van der Waals surface area contributed by atoms with Crippen LogP contribution in [-0.4, -0.2) is 8.76 Å². The first-order chi connectivity index (χ1) is 7.16. The number of hydrogen-bond acceptors (Lipinski definition) is 2. The molecule has 0 aliphatic heterocycles. The Labute approximate surface area is 90.2 Å². The molecule has 1 unspecified atom stereocenters. The Morgan fingerprint density at radius 3 is 2.80 bits per heavy atom. The van der Waals surface area contributed by atoms with Crippen LogP contribution in [0.5, 0.6) is 5.75 Å². The van der Waals surface area contributed by atoms with Crippen LogP contribution in [0.1, 0.15) is 5.56 Å². The predicted octanol–water partition coefficient (Wildman–Crippen LogP) is 2.66. The van der Waals surface area contributed by atoms with Gasteiger partial charge in [-0.3, -0.25) is 4.55 Å².